The molecule has 2 unspecified atom stereocenters. The zero-order chi connectivity index (χ0) is 14.3. The van der Waals surface area contributed by atoms with Crippen molar-refractivity contribution in [3.8, 4) is 0 Å². The van der Waals surface area contributed by atoms with Crippen LogP contribution in [0, 0.1) is 5.41 Å². The Labute approximate surface area is 113 Å². The molecule has 1 aromatic rings. The fraction of sp³-hybridized carbons (Fsp3) is 0.833. The first-order valence-corrected chi connectivity index (χ1v) is 8.24. The lowest BCUT2D eigenvalue weighted by Gasteiger charge is -2.23. The molecule has 19 heavy (non-hydrogen) atoms. The quantitative estimate of drug-likeness (QED) is 0.889. The standard InChI is InChI=1S/C12H21N3O3S/c1-12(2,3)9(13)10-14-11(18-15-10)8-6-4-5-7-19(8,16)17/h8-9H,4-7,13H2,1-3H3. The number of rotatable bonds is 2. The summed E-state index contributed by atoms with van der Waals surface area (Å²) in [7, 11) is -3.16. The smallest absolute Gasteiger partial charge is 0.245 e. The average molecular weight is 287 g/mol. The van der Waals surface area contributed by atoms with E-state index in [9.17, 15) is 8.42 Å². The first kappa shape index (κ1) is 14.5. The summed E-state index contributed by atoms with van der Waals surface area (Å²) in [5.74, 6) is 0.762. The van der Waals surface area contributed by atoms with Crippen LogP contribution in [0.15, 0.2) is 4.52 Å². The third-order valence-corrected chi connectivity index (χ3v) is 5.68. The van der Waals surface area contributed by atoms with Crippen LogP contribution in [-0.4, -0.2) is 24.3 Å². The highest BCUT2D eigenvalue weighted by molar-refractivity contribution is 7.91. The van der Waals surface area contributed by atoms with Gasteiger partial charge in [0.25, 0.3) is 0 Å². The van der Waals surface area contributed by atoms with Gasteiger partial charge in [0.1, 0.15) is 5.25 Å². The molecule has 1 fully saturated rings. The summed E-state index contributed by atoms with van der Waals surface area (Å²) < 4.78 is 29.1. The van der Waals surface area contributed by atoms with Crippen molar-refractivity contribution in [1.82, 2.24) is 10.1 Å². The fourth-order valence-corrected chi connectivity index (χ4v) is 3.94. The Bertz CT molecular complexity index is 545. The first-order valence-electron chi connectivity index (χ1n) is 6.52. The van der Waals surface area contributed by atoms with E-state index in [4.69, 9.17) is 10.3 Å². The largest absolute Gasteiger partial charge is 0.338 e. The highest BCUT2D eigenvalue weighted by Crippen LogP contribution is 2.34. The summed E-state index contributed by atoms with van der Waals surface area (Å²) in [5.41, 5.74) is 5.85. The zero-order valence-electron chi connectivity index (χ0n) is 11.6. The predicted molar refractivity (Wildman–Crippen MR) is 71.1 cm³/mol. The molecule has 0 bridgehead atoms. The van der Waals surface area contributed by atoms with Gasteiger partial charge in [-0.3, -0.25) is 0 Å². The van der Waals surface area contributed by atoms with Gasteiger partial charge < -0.3 is 10.3 Å². The van der Waals surface area contributed by atoms with Crippen molar-refractivity contribution in [1.29, 1.82) is 0 Å². The second-order valence-electron chi connectivity index (χ2n) is 6.19. The van der Waals surface area contributed by atoms with Gasteiger partial charge in [-0.05, 0) is 18.3 Å². The molecule has 0 radical (unpaired) electrons. The zero-order valence-corrected chi connectivity index (χ0v) is 12.4. The summed E-state index contributed by atoms with van der Waals surface area (Å²) in [4.78, 5) is 4.21. The van der Waals surface area contributed by atoms with Gasteiger partial charge in [0.15, 0.2) is 15.7 Å². The molecule has 1 aromatic heterocycles. The Morgan fingerprint density at radius 1 is 1.37 bits per heavy atom. The molecule has 108 valence electrons. The van der Waals surface area contributed by atoms with E-state index in [0.717, 1.165) is 6.42 Å². The Morgan fingerprint density at radius 3 is 2.63 bits per heavy atom. The predicted octanol–water partition coefficient (Wildman–Crippen LogP) is 1.76. The van der Waals surface area contributed by atoms with Crippen LogP contribution in [0.3, 0.4) is 0 Å². The van der Waals surface area contributed by atoms with Crippen LogP contribution in [-0.2, 0) is 9.84 Å². The van der Waals surface area contributed by atoms with E-state index >= 15 is 0 Å². The molecule has 6 nitrogen and oxygen atoms in total. The minimum atomic E-state index is -3.16. The summed E-state index contributed by atoms with van der Waals surface area (Å²) in [5, 5.41) is 3.19. The maximum atomic E-state index is 12.0. The molecule has 0 saturated carbocycles. The van der Waals surface area contributed by atoms with Gasteiger partial charge in [0.05, 0.1) is 11.8 Å². The third kappa shape index (κ3) is 2.97. The fourth-order valence-electron chi connectivity index (χ4n) is 2.12. The average Bonchev–Trinajstić information content (AvgIpc) is 2.75. The van der Waals surface area contributed by atoms with Crippen LogP contribution < -0.4 is 5.73 Å². The SMILES string of the molecule is CC(C)(C)C(N)c1noc(C2CCCCS2(=O)=O)n1. The molecule has 0 aromatic carbocycles. The normalized spacial score (nSPS) is 25.2. The highest BCUT2D eigenvalue weighted by Gasteiger charge is 2.36. The van der Waals surface area contributed by atoms with Gasteiger partial charge in [0.2, 0.25) is 5.89 Å². The van der Waals surface area contributed by atoms with E-state index < -0.39 is 15.1 Å². The Balaban J connectivity index is 2.26. The number of hydrogen-bond donors (Lipinski definition) is 1. The van der Waals surface area contributed by atoms with Gasteiger partial charge in [-0.1, -0.05) is 32.3 Å². The topological polar surface area (TPSA) is 99.1 Å². The third-order valence-electron chi connectivity index (χ3n) is 3.52. The minimum Gasteiger partial charge on any atom is -0.338 e. The molecular formula is C12H21N3O3S. The molecule has 0 amide bonds. The van der Waals surface area contributed by atoms with E-state index in [2.05, 4.69) is 10.1 Å². The van der Waals surface area contributed by atoms with Gasteiger partial charge in [0, 0.05) is 0 Å². The van der Waals surface area contributed by atoms with Crippen LogP contribution in [0.25, 0.3) is 0 Å². The van der Waals surface area contributed by atoms with Crippen molar-refractivity contribution in [2.45, 2.75) is 51.3 Å². The first-order chi connectivity index (χ1) is 8.72. The van der Waals surface area contributed by atoms with Crippen molar-refractivity contribution in [2.75, 3.05) is 5.75 Å². The van der Waals surface area contributed by atoms with Crippen LogP contribution in [0.5, 0.6) is 0 Å². The Hall–Kier alpha value is -0.950. The summed E-state index contributed by atoms with van der Waals surface area (Å²) in [6, 6.07) is -0.378. The van der Waals surface area contributed by atoms with Gasteiger partial charge >= 0.3 is 0 Å². The summed E-state index contributed by atoms with van der Waals surface area (Å²) in [6.07, 6.45) is 2.13. The van der Waals surface area contributed by atoms with Gasteiger partial charge in [-0.25, -0.2) is 8.42 Å². The number of nitrogens with two attached hydrogens (primary N) is 1. The second kappa shape index (κ2) is 4.86. The van der Waals surface area contributed by atoms with Crippen molar-refractivity contribution in [2.24, 2.45) is 11.1 Å². The molecule has 1 saturated heterocycles. The second-order valence-corrected chi connectivity index (χ2v) is 8.49. The van der Waals surface area contributed by atoms with Crippen LogP contribution in [0.1, 0.15) is 63.0 Å². The van der Waals surface area contributed by atoms with Crippen molar-refractivity contribution in [3.05, 3.63) is 11.7 Å². The molecule has 1 aliphatic rings. The Kier molecular flexibility index (Phi) is 3.70. The highest BCUT2D eigenvalue weighted by atomic mass is 32.2. The van der Waals surface area contributed by atoms with E-state index in [0.29, 0.717) is 18.7 Å². The molecule has 2 heterocycles. The van der Waals surface area contributed by atoms with E-state index in [1.54, 1.807) is 0 Å². The summed E-state index contributed by atoms with van der Waals surface area (Å²) >= 11 is 0. The minimum absolute atomic E-state index is 0.189. The molecule has 0 spiro atoms. The van der Waals surface area contributed by atoms with E-state index in [1.165, 1.54) is 0 Å². The molecular weight excluding hydrogens is 266 g/mol. The van der Waals surface area contributed by atoms with Crippen LogP contribution >= 0.6 is 0 Å². The molecule has 2 N–H and O–H groups in total. The molecule has 7 heteroatoms. The molecule has 1 aliphatic heterocycles. The Morgan fingerprint density at radius 2 is 2.05 bits per heavy atom. The van der Waals surface area contributed by atoms with Crippen LogP contribution in [0.4, 0.5) is 0 Å². The van der Waals surface area contributed by atoms with Crippen molar-refractivity contribution >= 4 is 9.84 Å². The maximum Gasteiger partial charge on any atom is 0.245 e. The van der Waals surface area contributed by atoms with E-state index in [-0.39, 0.29) is 23.1 Å². The van der Waals surface area contributed by atoms with Gasteiger partial charge in [-0.15, -0.1) is 0 Å². The van der Waals surface area contributed by atoms with Gasteiger partial charge in [-0.2, -0.15) is 4.98 Å². The summed E-state index contributed by atoms with van der Waals surface area (Å²) in [6.45, 7) is 5.93. The molecule has 0 aliphatic carbocycles. The van der Waals surface area contributed by atoms with Crippen LogP contribution in [0.2, 0.25) is 0 Å². The monoisotopic (exact) mass is 287 g/mol. The lowest BCUT2D eigenvalue weighted by atomic mass is 9.87. The van der Waals surface area contributed by atoms with Crippen molar-refractivity contribution < 1.29 is 12.9 Å². The van der Waals surface area contributed by atoms with Crippen molar-refractivity contribution in [3.63, 3.8) is 0 Å². The lowest BCUT2D eigenvalue weighted by molar-refractivity contribution is 0.299. The maximum absolute atomic E-state index is 12.0. The lowest BCUT2D eigenvalue weighted by Crippen LogP contribution is -2.27. The van der Waals surface area contributed by atoms with E-state index in [1.807, 2.05) is 20.8 Å². The molecule has 2 rings (SSSR count). The number of hydrogen-bond acceptors (Lipinski definition) is 6. The molecule has 2 atom stereocenters. The number of aromatic nitrogens is 2. The number of sulfone groups is 1. The number of nitrogens with zero attached hydrogens (tertiary/aromatic N) is 2.